The fraction of sp³-hybridized carbons (Fsp3) is 0.533. The molecule has 2 unspecified atom stereocenters. The SMILES string of the molecule is CCC(C)C(N)C(=O)NCCOCc1ccccc1.Cl. The Bertz CT molecular complexity index is 373. The third-order valence-corrected chi connectivity index (χ3v) is 3.22. The molecule has 0 saturated heterocycles. The lowest BCUT2D eigenvalue weighted by molar-refractivity contribution is -0.123. The van der Waals surface area contributed by atoms with Crippen molar-refractivity contribution in [1.82, 2.24) is 5.32 Å². The number of ether oxygens (including phenoxy) is 1. The number of nitrogens with two attached hydrogens (primary N) is 1. The minimum absolute atomic E-state index is 0. The molecule has 2 atom stereocenters. The monoisotopic (exact) mass is 300 g/mol. The highest BCUT2D eigenvalue weighted by molar-refractivity contribution is 5.85. The zero-order valence-corrected chi connectivity index (χ0v) is 13.0. The zero-order valence-electron chi connectivity index (χ0n) is 12.2. The fourth-order valence-corrected chi connectivity index (χ4v) is 1.64. The number of rotatable bonds is 8. The summed E-state index contributed by atoms with van der Waals surface area (Å²) in [5.41, 5.74) is 6.95. The van der Waals surface area contributed by atoms with Gasteiger partial charge in [0, 0.05) is 6.54 Å². The molecule has 0 radical (unpaired) electrons. The van der Waals surface area contributed by atoms with E-state index in [1.54, 1.807) is 0 Å². The molecule has 1 aromatic carbocycles. The molecule has 114 valence electrons. The van der Waals surface area contributed by atoms with Gasteiger partial charge in [-0.3, -0.25) is 4.79 Å². The third-order valence-electron chi connectivity index (χ3n) is 3.22. The van der Waals surface area contributed by atoms with Crippen molar-refractivity contribution in [2.24, 2.45) is 11.7 Å². The summed E-state index contributed by atoms with van der Waals surface area (Å²) in [5, 5.41) is 2.79. The van der Waals surface area contributed by atoms with Crippen LogP contribution in [0.25, 0.3) is 0 Å². The number of carbonyl (C=O) groups is 1. The fourth-order valence-electron chi connectivity index (χ4n) is 1.64. The van der Waals surface area contributed by atoms with Crippen molar-refractivity contribution in [3.8, 4) is 0 Å². The maximum atomic E-state index is 11.7. The van der Waals surface area contributed by atoms with Crippen molar-refractivity contribution in [2.45, 2.75) is 32.9 Å². The summed E-state index contributed by atoms with van der Waals surface area (Å²) in [6.45, 7) is 5.56. The Hall–Kier alpha value is -1.10. The smallest absolute Gasteiger partial charge is 0.237 e. The summed E-state index contributed by atoms with van der Waals surface area (Å²) in [6.07, 6.45) is 0.902. The van der Waals surface area contributed by atoms with E-state index in [4.69, 9.17) is 10.5 Å². The van der Waals surface area contributed by atoms with Crippen LogP contribution >= 0.6 is 12.4 Å². The summed E-state index contributed by atoms with van der Waals surface area (Å²) >= 11 is 0. The largest absolute Gasteiger partial charge is 0.375 e. The van der Waals surface area contributed by atoms with Crippen molar-refractivity contribution in [3.63, 3.8) is 0 Å². The van der Waals surface area contributed by atoms with E-state index in [9.17, 15) is 4.79 Å². The highest BCUT2D eigenvalue weighted by Gasteiger charge is 2.18. The van der Waals surface area contributed by atoms with Gasteiger partial charge in [0.25, 0.3) is 0 Å². The molecule has 0 aliphatic heterocycles. The standard InChI is InChI=1S/C15H24N2O2.ClH/c1-3-12(2)14(16)15(18)17-9-10-19-11-13-7-5-4-6-8-13;/h4-8,12,14H,3,9-11,16H2,1-2H3,(H,17,18);1H. The van der Waals surface area contributed by atoms with E-state index in [-0.39, 0.29) is 24.2 Å². The Kier molecular flexibility index (Phi) is 10.1. The first-order valence-electron chi connectivity index (χ1n) is 6.80. The van der Waals surface area contributed by atoms with Crippen LogP contribution in [0.4, 0.5) is 0 Å². The van der Waals surface area contributed by atoms with Gasteiger partial charge in [0.05, 0.1) is 19.3 Å². The van der Waals surface area contributed by atoms with Crippen LogP contribution in [-0.4, -0.2) is 25.1 Å². The van der Waals surface area contributed by atoms with Gasteiger partial charge >= 0.3 is 0 Å². The van der Waals surface area contributed by atoms with Crippen molar-refractivity contribution in [3.05, 3.63) is 35.9 Å². The lowest BCUT2D eigenvalue weighted by Crippen LogP contribution is -2.45. The number of nitrogens with one attached hydrogen (secondary N) is 1. The van der Waals surface area contributed by atoms with E-state index in [2.05, 4.69) is 5.32 Å². The van der Waals surface area contributed by atoms with Crippen molar-refractivity contribution < 1.29 is 9.53 Å². The van der Waals surface area contributed by atoms with Gasteiger partial charge in [0.15, 0.2) is 0 Å². The average Bonchev–Trinajstić information content (AvgIpc) is 2.46. The van der Waals surface area contributed by atoms with Gasteiger partial charge in [0.1, 0.15) is 0 Å². The molecule has 0 spiro atoms. The Morgan fingerprint density at radius 2 is 2.00 bits per heavy atom. The molecular formula is C15H25ClN2O2. The Morgan fingerprint density at radius 1 is 1.35 bits per heavy atom. The second kappa shape index (κ2) is 10.7. The van der Waals surface area contributed by atoms with E-state index in [1.165, 1.54) is 0 Å². The first-order valence-corrected chi connectivity index (χ1v) is 6.80. The van der Waals surface area contributed by atoms with Crippen LogP contribution in [0, 0.1) is 5.92 Å². The summed E-state index contributed by atoms with van der Waals surface area (Å²) in [5.74, 6) is 0.0999. The second-order valence-electron chi connectivity index (χ2n) is 4.74. The van der Waals surface area contributed by atoms with Gasteiger partial charge in [0.2, 0.25) is 5.91 Å². The Balaban J connectivity index is 0.00000361. The van der Waals surface area contributed by atoms with Gasteiger partial charge < -0.3 is 15.8 Å². The van der Waals surface area contributed by atoms with Gasteiger partial charge in [-0.15, -0.1) is 12.4 Å². The minimum atomic E-state index is -0.431. The summed E-state index contributed by atoms with van der Waals surface area (Å²) < 4.78 is 5.48. The van der Waals surface area contributed by atoms with Gasteiger partial charge in [-0.2, -0.15) is 0 Å². The second-order valence-corrected chi connectivity index (χ2v) is 4.74. The van der Waals surface area contributed by atoms with Crippen LogP contribution in [-0.2, 0) is 16.1 Å². The number of benzene rings is 1. The number of hydrogen-bond donors (Lipinski definition) is 2. The summed E-state index contributed by atoms with van der Waals surface area (Å²) in [6, 6.07) is 9.52. The highest BCUT2D eigenvalue weighted by Crippen LogP contribution is 2.04. The van der Waals surface area contributed by atoms with Gasteiger partial charge in [-0.1, -0.05) is 50.6 Å². The number of hydrogen-bond acceptors (Lipinski definition) is 3. The first kappa shape index (κ1) is 18.9. The topological polar surface area (TPSA) is 64.4 Å². The zero-order chi connectivity index (χ0) is 14.1. The van der Waals surface area contributed by atoms with E-state index < -0.39 is 6.04 Å². The molecule has 5 heteroatoms. The van der Waals surface area contributed by atoms with Crippen molar-refractivity contribution in [1.29, 1.82) is 0 Å². The van der Waals surface area contributed by atoms with E-state index in [0.717, 1.165) is 12.0 Å². The molecule has 0 heterocycles. The summed E-state index contributed by atoms with van der Waals surface area (Å²) in [7, 11) is 0. The minimum Gasteiger partial charge on any atom is -0.375 e. The molecule has 0 aliphatic carbocycles. The Labute approximate surface area is 127 Å². The van der Waals surface area contributed by atoms with E-state index in [0.29, 0.717) is 19.8 Å². The van der Waals surface area contributed by atoms with Crippen LogP contribution < -0.4 is 11.1 Å². The predicted octanol–water partition coefficient (Wildman–Crippen LogP) is 2.11. The number of amides is 1. The Morgan fingerprint density at radius 3 is 2.60 bits per heavy atom. The summed E-state index contributed by atoms with van der Waals surface area (Å²) in [4.78, 5) is 11.7. The number of halogens is 1. The highest BCUT2D eigenvalue weighted by atomic mass is 35.5. The molecule has 0 aromatic heterocycles. The molecule has 0 saturated carbocycles. The van der Waals surface area contributed by atoms with Crippen LogP contribution in [0.2, 0.25) is 0 Å². The quantitative estimate of drug-likeness (QED) is 0.723. The number of carbonyl (C=O) groups excluding carboxylic acids is 1. The molecule has 1 rings (SSSR count). The van der Waals surface area contributed by atoms with Crippen LogP contribution in [0.15, 0.2) is 30.3 Å². The molecular weight excluding hydrogens is 276 g/mol. The van der Waals surface area contributed by atoms with Gasteiger partial charge in [-0.05, 0) is 11.5 Å². The van der Waals surface area contributed by atoms with Crippen LogP contribution in [0.5, 0.6) is 0 Å². The maximum absolute atomic E-state index is 11.7. The lowest BCUT2D eigenvalue weighted by Gasteiger charge is -2.17. The van der Waals surface area contributed by atoms with E-state index >= 15 is 0 Å². The molecule has 0 bridgehead atoms. The van der Waals surface area contributed by atoms with Crippen LogP contribution in [0.1, 0.15) is 25.8 Å². The molecule has 4 nitrogen and oxygen atoms in total. The van der Waals surface area contributed by atoms with Crippen molar-refractivity contribution >= 4 is 18.3 Å². The first-order chi connectivity index (χ1) is 9.15. The van der Waals surface area contributed by atoms with Crippen LogP contribution in [0.3, 0.4) is 0 Å². The molecule has 0 aliphatic rings. The molecule has 3 N–H and O–H groups in total. The molecule has 1 aromatic rings. The lowest BCUT2D eigenvalue weighted by atomic mass is 9.99. The molecule has 0 fully saturated rings. The predicted molar refractivity (Wildman–Crippen MR) is 83.8 cm³/mol. The molecule has 20 heavy (non-hydrogen) atoms. The average molecular weight is 301 g/mol. The van der Waals surface area contributed by atoms with Gasteiger partial charge in [-0.25, -0.2) is 0 Å². The van der Waals surface area contributed by atoms with Crippen molar-refractivity contribution in [2.75, 3.05) is 13.2 Å². The maximum Gasteiger partial charge on any atom is 0.237 e. The van der Waals surface area contributed by atoms with E-state index in [1.807, 2.05) is 44.2 Å². The third kappa shape index (κ3) is 6.89. The molecule has 1 amide bonds. The normalized spacial score (nSPS) is 13.2.